The van der Waals surface area contributed by atoms with Crippen LogP contribution in [0.25, 0.3) is 0 Å². The molecule has 0 aliphatic rings. The van der Waals surface area contributed by atoms with Crippen molar-refractivity contribution in [2.75, 3.05) is 27.3 Å². The Morgan fingerprint density at radius 3 is 2.48 bits per heavy atom. The number of hydrogen-bond donors (Lipinski definition) is 2. The zero-order valence-electron chi connectivity index (χ0n) is 18.3. The summed E-state index contributed by atoms with van der Waals surface area (Å²) in [6.07, 6.45) is 2.72. The van der Waals surface area contributed by atoms with Crippen LogP contribution in [0, 0.1) is 20.8 Å². The highest BCUT2D eigenvalue weighted by molar-refractivity contribution is 14.0. The Kier molecular flexibility index (Phi) is 10.8. The predicted octanol–water partition coefficient (Wildman–Crippen LogP) is 3.94. The van der Waals surface area contributed by atoms with Crippen molar-refractivity contribution >= 4 is 29.9 Å². The van der Waals surface area contributed by atoms with Gasteiger partial charge in [-0.2, -0.15) is 0 Å². The van der Waals surface area contributed by atoms with Gasteiger partial charge in [-0.05, 0) is 51.3 Å². The molecule has 0 amide bonds. The lowest BCUT2D eigenvalue weighted by Gasteiger charge is -2.14. The number of guanidine groups is 1. The van der Waals surface area contributed by atoms with Crippen LogP contribution in [0.4, 0.5) is 0 Å². The lowest BCUT2D eigenvalue weighted by Crippen LogP contribution is -2.38. The molecule has 1 aromatic carbocycles. The number of aromatic nitrogens is 1. The van der Waals surface area contributed by atoms with Crippen LogP contribution < -0.4 is 20.1 Å². The van der Waals surface area contributed by atoms with Gasteiger partial charge in [0, 0.05) is 30.4 Å². The number of aryl methyl sites for hydroxylation is 2. The summed E-state index contributed by atoms with van der Waals surface area (Å²) in [5, 5.41) is 6.68. The maximum absolute atomic E-state index is 5.48. The van der Waals surface area contributed by atoms with Gasteiger partial charge in [-0.1, -0.05) is 12.1 Å². The lowest BCUT2D eigenvalue weighted by molar-refractivity contribution is 0.407. The van der Waals surface area contributed by atoms with Gasteiger partial charge in [0.25, 0.3) is 0 Å². The molecule has 1 heterocycles. The van der Waals surface area contributed by atoms with E-state index in [1.807, 2.05) is 27.0 Å². The van der Waals surface area contributed by atoms with Crippen LogP contribution in [0.15, 0.2) is 29.4 Å². The van der Waals surface area contributed by atoms with Crippen LogP contribution >= 0.6 is 24.0 Å². The van der Waals surface area contributed by atoms with Crippen LogP contribution in [0.1, 0.15) is 34.9 Å². The van der Waals surface area contributed by atoms with E-state index in [9.17, 15) is 0 Å². The Morgan fingerprint density at radius 2 is 1.83 bits per heavy atom. The molecule has 0 bridgehead atoms. The van der Waals surface area contributed by atoms with Gasteiger partial charge < -0.3 is 20.1 Å². The van der Waals surface area contributed by atoms with Crippen LogP contribution in [-0.2, 0) is 13.0 Å². The molecule has 0 aliphatic carbocycles. The Labute approximate surface area is 191 Å². The highest BCUT2D eigenvalue weighted by Crippen LogP contribution is 2.24. The smallest absolute Gasteiger partial charge is 0.191 e. The largest absolute Gasteiger partial charge is 0.496 e. The minimum Gasteiger partial charge on any atom is -0.496 e. The molecule has 0 aliphatic heterocycles. The molecule has 6 nitrogen and oxygen atoms in total. The summed E-state index contributed by atoms with van der Waals surface area (Å²) in [5.74, 6) is 2.58. The Balaban J connectivity index is 0.00000420. The summed E-state index contributed by atoms with van der Waals surface area (Å²) >= 11 is 0. The molecule has 160 valence electrons. The zero-order valence-corrected chi connectivity index (χ0v) is 20.6. The molecular weight excluding hydrogens is 479 g/mol. The van der Waals surface area contributed by atoms with E-state index in [0.717, 1.165) is 59.4 Å². The number of nitrogens with zero attached hydrogens (tertiary/aromatic N) is 2. The topological polar surface area (TPSA) is 67.8 Å². The highest BCUT2D eigenvalue weighted by atomic mass is 127. The number of aliphatic imine (C=N–C) groups is 1. The lowest BCUT2D eigenvalue weighted by atomic mass is 10.1. The monoisotopic (exact) mass is 512 g/mol. The number of nitrogens with one attached hydrogen (secondary N) is 2. The van der Waals surface area contributed by atoms with Gasteiger partial charge in [0.05, 0.1) is 26.5 Å². The average molecular weight is 512 g/mol. The van der Waals surface area contributed by atoms with E-state index in [4.69, 9.17) is 9.47 Å². The minimum atomic E-state index is 0. The van der Waals surface area contributed by atoms with Gasteiger partial charge in [0.15, 0.2) is 5.96 Å². The second-order valence-corrected chi connectivity index (χ2v) is 6.72. The summed E-state index contributed by atoms with van der Waals surface area (Å²) < 4.78 is 10.9. The maximum atomic E-state index is 5.48. The van der Waals surface area contributed by atoms with E-state index in [1.54, 1.807) is 14.2 Å². The Morgan fingerprint density at radius 1 is 1.07 bits per heavy atom. The first-order valence-corrected chi connectivity index (χ1v) is 9.64. The molecule has 0 unspecified atom stereocenters. The first-order valence-electron chi connectivity index (χ1n) is 9.64. The number of benzene rings is 1. The van der Waals surface area contributed by atoms with Gasteiger partial charge in [0.2, 0.25) is 0 Å². The van der Waals surface area contributed by atoms with E-state index >= 15 is 0 Å². The van der Waals surface area contributed by atoms with Crippen LogP contribution in [-0.4, -0.2) is 38.3 Å². The molecule has 2 N–H and O–H groups in total. The molecular formula is C22H33IN4O2. The molecule has 1 aromatic heterocycles. The average Bonchev–Trinajstić information content (AvgIpc) is 2.69. The second-order valence-electron chi connectivity index (χ2n) is 6.72. The van der Waals surface area contributed by atoms with Gasteiger partial charge in [-0.3, -0.25) is 4.98 Å². The predicted molar refractivity (Wildman–Crippen MR) is 130 cm³/mol. The third-order valence-corrected chi connectivity index (χ3v) is 4.66. The molecule has 2 rings (SSSR count). The number of hydrogen-bond acceptors (Lipinski definition) is 4. The summed E-state index contributed by atoms with van der Waals surface area (Å²) in [5.41, 5.74) is 5.36. The summed E-state index contributed by atoms with van der Waals surface area (Å²) in [7, 11) is 3.39. The number of rotatable bonds is 8. The molecule has 0 radical (unpaired) electrons. The summed E-state index contributed by atoms with van der Waals surface area (Å²) in [4.78, 5) is 9.20. The van der Waals surface area contributed by atoms with Crippen molar-refractivity contribution in [3.8, 4) is 11.5 Å². The Hall–Kier alpha value is -2.03. The van der Waals surface area contributed by atoms with Crippen molar-refractivity contribution in [1.82, 2.24) is 15.6 Å². The molecule has 0 atom stereocenters. The van der Waals surface area contributed by atoms with E-state index < -0.39 is 0 Å². The first-order chi connectivity index (χ1) is 13.5. The van der Waals surface area contributed by atoms with Gasteiger partial charge >= 0.3 is 0 Å². The molecule has 0 spiro atoms. The van der Waals surface area contributed by atoms with E-state index in [2.05, 4.69) is 45.7 Å². The minimum absolute atomic E-state index is 0. The fraction of sp³-hybridized carbons (Fsp3) is 0.455. The van der Waals surface area contributed by atoms with Gasteiger partial charge in [-0.15, -0.1) is 24.0 Å². The summed E-state index contributed by atoms with van der Waals surface area (Å²) in [6, 6.07) is 6.31. The fourth-order valence-corrected chi connectivity index (χ4v) is 3.07. The van der Waals surface area contributed by atoms with E-state index in [1.165, 1.54) is 5.56 Å². The van der Waals surface area contributed by atoms with Gasteiger partial charge in [0.1, 0.15) is 11.5 Å². The molecule has 0 fully saturated rings. The standard InChI is InChI=1S/C22H32N4O2.HI/c1-7-23-22(24-11-10-18-9-8-15(2)20(12-18)27-5)26-14-19-17(4)21(28-6)16(3)13-25-19;/h8-9,12-13H,7,10-11,14H2,1-6H3,(H2,23,24,26);1H. The van der Waals surface area contributed by atoms with Crippen molar-refractivity contribution in [3.63, 3.8) is 0 Å². The molecule has 7 heteroatoms. The SMILES string of the molecule is CCNC(=NCc1ncc(C)c(OC)c1C)NCCc1ccc(C)c(OC)c1.I. The third-order valence-electron chi connectivity index (χ3n) is 4.66. The van der Waals surface area contributed by atoms with Crippen LogP contribution in [0.3, 0.4) is 0 Å². The molecule has 0 saturated heterocycles. The molecule has 29 heavy (non-hydrogen) atoms. The van der Waals surface area contributed by atoms with Gasteiger partial charge in [-0.25, -0.2) is 4.99 Å². The number of pyridine rings is 1. The normalized spacial score (nSPS) is 10.9. The third kappa shape index (κ3) is 7.06. The second kappa shape index (κ2) is 12.5. The van der Waals surface area contributed by atoms with Crippen LogP contribution in [0.2, 0.25) is 0 Å². The number of ether oxygens (including phenoxy) is 2. The molecule has 0 saturated carbocycles. The number of halogens is 1. The quantitative estimate of drug-likeness (QED) is 0.319. The highest BCUT2D eigenvalue weighted by Gasteiger charge is 2.09. The van der Waals surface area contributed by atoms with Crippen molar-refractivity contribution in [2.45, 2.75) is 40.7 Å². The van der Waals surface area contributed by atoms with Crippen molar-refractivity contribution < 1.29 is 9.47 Å². The van der Waals surface area contributed by atoms with Crippen molar-refractivity contribution in [2.24, 2.45) is 4.99 Å². The zero-order chi connectivity index (χ0) is 20.5. The van der Waals surface area contributed by atoms with Crippen molar-refractivity contribution in [3.05, 3.63) is 52.3 Å². The van der Waals surface area contributed by atoms with Crippen LogP contribution in [0.5, 0.6) is 11.5 Å². The van der Waals surface area contributed by atoms with E-state index in [-0.39, 0.29) is 24.0 Å². The fourth-order valence-electron chi connectivity index (χ4n) is 3.07. The van der Waals surface area contributed by atoms with E-state index in [0.29, 0.717) is 6.54 Å². The summed E-state index contributed by atoms with van der Waals surface area (Å²) in [6.45, 7) is 10.2. The number of methoxy groups -OCH3 is 2. The van der Waals surface area contributed by atoms with Crippen molar-refractivity contribution in [1.29, 1.82) is 0 Å². The Bertz CT molecular complexity index is 825. The molecule has 2 aromatic rings. The first kappa shape index (κ1) is 25.0. The maximum Gasteiger partial charge on any atom is 0.191 e.